The van der Waals surface area contributed by atoms with E-state index in [0.29, 0.717) is 6.54 Å². The zero-order valence-electron chi connectivity index (χ0n) is 14.7. The van der Waals surface area contributed by atoms with Gasteiger partial charge in [-0.25, -0.2) is 8.78 Å². The van der Waals surface area contributed by atoms with E-state index < -0.39 is 23.4 Å². The number of rotatable bonds is 5. The van der Waals surface area contributed by atoms with Crippen LogP contribution in [0.2, 0.25) is 0 Å². The van der Waals surface area contributed by atoms with E-state index in [2.05, 4.69) is 15.5 Å². The van der Waals surface area contributed by atoms with Crippen LogP contribution in [0.4, 0.5) is 14.5 Å². The first-order chi connectivity index (χ1) is 13.0. The topological polar surface area (TPSA) is 74.6 Å². The predicted octanol–water partition coefficient (Wildman–Crippen LogP) is 2.52. The number of halogens is 2. The van der Waals surface area contributed by atoms with Gasteiger partial charge in [0.15, 0.2) is 0 Å². The number of benzene rings is 1. The Morgan fingerprint density at radius 1 is 1.15 bits per heavy atom. The van der Waals surface area contributed by atoms with Gasteiger partial charge in [0.25, 0.3) is 0 Å². The third-order valence-corrected chi connectivity index (χ3v) is 4.60. The first-order valence-electron chi connectivity index (χ1n) is 8.80. The zero-order chi connectivity index (χ0) is 19.2. The van der Waals surface area contributed by atoms with Crippen molar-refractivity contribution >= 4 is 17.5 Å². The van der Waals surface area contributed by atoms with Crippen molar-refractivity contribution in [2.24, 2.45) is 5.92 Å². The Balaban J connectivity index is 1.40. The number of carbonyl (C=O) groups is 2. The van der Waals surface area contributed by atoms with Gasteiger partial charge in [0.05, 0.1) is 18.5 Å². The molecule has 1 aromatic carbocycles. The second-order valence-electron chi connectivity index (χ2n) is 6.59. The molecule has 0 bridgehead atoms. The number of likely N-dealkylation sites (tertiary alicyclic amines) is 1. The van der Waals surface area contributed by atoms with Crippen molar-refractivity contribution in [3.8, 4) is 0 Å². The highest BCUT2D eigenvalue weighted by molar-refractivity contribution is 6.39. The fraction of sp³-hybridized carbons (Fsp3) is 0.368. The van der Waals surface area contributed by atoms with Crippen LogP contribution in [-0.2, 0) is 16.1 Å². The minimum atomic E-state index is -1.02. The average molecular weight is 377 g/mol. The highest BCUT2D eigenvalue weighted by atomic mass is 19.1. The molecule has 1 aliphatic rings. The summed E-state index contributed by atoms with van der Waals surface area (Å²) in [5.41, 5.74) is -0.360. The fourth-order valence-electron chi connectivity index (χ4n) is 3.06. The highest BCUT2D eigenvalue weighted by Crippen LogP contribution is 2.19. The summed E-state index contributed by atoms with van der Waals surface area (Å²) in [7, 11) is 0. The van der Waals surface area contributed by atoms with Gasteiger partial charge in [-0.1, -0.05) is 0 Å². The van der Waals surface area contributed by atoms with Crippen LogP contribution in [0.15, 0.2) is 41.0 Å². The van der Waals surface area contributed by atoms with Crippen LogP contribution in [0.1, 0.15) is 18.6 Å². The number of nitrogens with one attached hydrogen (secondary N) is 2. The largest absolute Gasteiger partial charge is 0.468 e. The molecule has 2 amide bonds. The Bertz CT molecular complexity index is 788. The first-order valence-corrected chi connectivity index (χ1v) is 8.80. The summed E-state index contributed by atoms with van der Waals surface area (Å²) in [6, 6.07) is 6.45. The van der Waals surface area contributed by atoms with Crippen LogP contribution in [0.25, 0.3) is 0 Å². The van der Waals surface area contributed by atoms with Crippen molar-refractivity contribution in [1.82, 2.24) is 10.2 Å². The Morgan fingerprint density at radius 3 is 2.63 bits per heavy atom. The van der Waals surface area contributed by atoms with Gasteiger partial charge in [0.2, 0.25) is 0 Å². The Labute approximate surface area is 155 Å². The van der Waals surface area contributed by atoms with Crippen LogP contribution < -0.4 is 10.6 Å². The van der Waals surface area contributed by atoms with Gasteiger partial charge in [-0.3, -0.25) is 14.5 Å². The number of hydrogen-bond donors (Lipinski definition) is 2. The Kier molecular flexibility index (Phi) is 6.18. The van der Waals surface area contributed by atoms with E-state index in [0.717, 1.165) is 56.4 Å². The second kappa shape index (κ2) is 8.77. The SMILES string of the molecule is O=C(NCC1CCN(Cc2ccco2)CC1)C(=O)Nc1cc(F)ccc1F. The molecule has 0 saturated carbocycles. The molecule has 0 radical (unpaired) electrons. The lowest BCUT2D eigenvalue weighted by Gasteiger charge is -2.31. The molecule has 27 heavy (non-hydrogen) atoms. The van der Waals surface area contributed by atoms with E-state index >= 15 is 0 Å². The van der Waals surface area contributed by atoms with E-state index in [-0.39, 0.29) is 11.6 Å². The Morgan fingerprint density at radius 2 is 1.93 bits per heavy atom. The van der Waals surface area contributed by atoms with E-state index in [1.165, 1.54) is 0 Å². The van der Waals surface area contributed by atoms with Gasteiger partial charge in [0, 0.05) is 12.6 Å². The van der Waals surface area contributed by atoms with Crippen molar-refractivity contribution in [2.45, 2.75) is 19.4 Å². The maximum Gasteiger partial charge on any atom is 0.313 e. The molecule has 144 valence electrons. The van der Waals surface area contributed by atoms with Gasteiger partial charge in [-0.15, -0.1) is 0 Å². The quantitative estimate of drug-likeness (QED) is 0.786. The number of furan rings is 1. The van der Waals surface area contributed by atoms with E-state index in [1.54, 1.807) is 6.26 Å². The molecule has 2 N–H and O–H groups in total. The molecule has 0 atom stereocenters. The third kappa shape index (κ3) is 5.37. The lowest BCUT2D eigenvalue weighted by molar-refractivity contribution is -0.136. The van der Waals surface area contributed by atoms with Crippen molar-refractivity contribution in [3.63, 3.8) is 0 Å². The van der Waals surface area contributed by atoms with Gasteiger partial charge < -0.3 is 15.1 Å². The summed E-state index contributed by atoms with van der Waals surface area (Å²) in [6.07, 6.45) is 3.43. The minimum absolute atomic E-state index is 0.264. The summed E-state index contributed by atoms with van der Waals surface area (Å²) in [4.78, 5) is 26.0. The standard InChI is InChI=1S/C19H21F2N3O3/c20-14-3-4-16(21)17(10-14)23-19(26)18(25)22-11-13-5-7-24(8-6-13)12-15-2-1-9-27-15/h1-4,9-10,13H,5-8,11-12H2,(H,22,25)(H,23,26). The van der Waals surface area contributed by atoms with Crippen LogP contribution in [-0.4, -0.2) is 36.3 Å². The number of carbonyl (C=O) groups excluding carboxylic acids is 2. The van der Waals surface area contributed by atoms with Crippen LogP contribution in [0, 0.1) is 17.6 Å². The van der Waals surface area contributed by atoms with Gasteiger partial charge in [-0.2, -0.15) is 0 Å². The molecular weight excluding hydrogens is 356 g/mol. The van der Waals surface area contributed by atoms with Crippen LogP contribution >= 0.6 is 0 Å². The Hall–Kier alpha value is -2.74. The molecule has 1 aromatic heterocycles. The van der Waals surface area contributed by atoms with Gasteiger partial charge >= 0.3 is 11.8 Å². The summed E-state index contributed by atoms with van der Waals surface area (Å²) >= 11 is 0. The highest BCUT2D eigenvalue weighted by Gasteiger charge is 2.22. The molecule has 0 aliphatic carbocycles. The number of nitrogens with zero attached hydrogens (tertiary/aromatic N) is 1. The monoisotopic (exact) mass is 377 g/mol. The summed E-state index contributed by atoms with van der Waals surface area (Å²) in [5.74, 6) is -2.20. The number of piperidine rings is 1. The number of anilines is 1. The minimum Gasteiger partial charge on any atom is -0.468 e. The molecule has 3 rings (SSSR count). The molecular formula is C19H21F2N3O3. The van der Waals surface area contributed by atoms with Crippen molar-refractivity contribution in [1.29, 1.82) is 0 Å². The lowest BCUT2D eigenvalue weighted by atomic mass is 9.96. The van der Waals surface area contributed by atoms with Gasteiger partial charge in [-0.05, 0) is 56.1 Å². The van der Waals surface area contributed by atoms with Crippen molar-refractivity contribution < 1.29 is 22.8 Å². The van der Waals surface area contributed by atoms with Crippen molar-refractivity contribution in [3.05, 3.63) is 54.0 Å². The second-order valence-corrected chi connectivity index (χ2v) is 6.59. The lowest BCUT2D eigenvalue weighted by Crippen LogP contribution is -2.41. The summed E-state index contributed by atoms with van der Waals surface area (Å²) in [6.45, 7) is 2.88. The maximum absolute atomic E-state index is 13.5. The van der Waals surface area contributed by atoms with E-state index in [4.69, 9.17) is 4.42 Å². The molecule has 1 aliphatic heterocycles. The molecule has 0 spiro atoms. The fourth-order valence-corrected chi connectivity index (χ4v) is 3.06. The molecule has 6 nitrogen and oxygen atoms in total. The summed E-state index contributed by atoms with van der Waals surface area (Å²) < 4.78 is 32.0. The molecule has 1 fully saturated rings. The van der Waals surface area contributed by atoms with Crippen molar-refractivity contribution in [2.75, 3.05) is 25.0 Å². The molecule has 2 aromatic rings. The zero-order valence-corrected chi connectivity index (χ0v) is 14.7. The number of amides is 2. The van der Waals surface area contributed by atoms with E-state index in [1.807, 2.05) is 12.1 Å². The average Bonchev–Trinajstić information content (AvgIpc) is 3.17. The molecule has 8 heteroatoms. The smallest absolute Gasteiger partial charge is 0.313 e. The summed E-state index contributed by atoms with van der Waals surface area (Å²) in [5, 5.41) is 4.65. The van der Waals surface area contributed by atoms with Crippen LogP contribution in [0.3, 0.4) is 0 Å². The van der Waals surface area contributed by atoms with Gasteiger partial charge in [0.1, 0.15) is 17.4 Å². The van der Waals surface area contributed by atoms with E-state index in [9.17, 15) is 18.4 Å². The number of hydrogen-bond acceptors (Lipinski definition) is 4. The first kappa shape index (κ1) is 19.0. The third-order valence-electron chi connectivity index (χ3n) is 4.60. The predicted molar refractivity (Wildman–Crippen MR) is 94.7 cm³/mol. The van der Waals surface area contributed by atoms with Crippen LogP contribution in [0.5, 0.6) is 0 Å². The molecule has 0 unspecified atom stereocenters. The normalized spacial score (nSPS) is 15.5. The molecule has 2 heterocycles. The molecule has 1 saturated heterocycles. The maximum atomic E-state index is 13.5.